The van der Waals surface area contributed by atoms with Gasteiger partial charge in [-0.2, -0.15) is 4.31 Å². The number of nitrogens with zero attached hydrogens (tertiary/aromatic N) is 1. The molecule has 0 fully saturated rings. The first-order chi connectivity index (χ1) is 9.70. The molecule has 0 aliphatic carbocycles. The second kappa shape index (κ2) is 7.72. The molecule has 1 atom stereocenters. The Morgan fingerprint density at radius 1 is 1.29 bits per heavy atom. The average molecular weight is 377 g/mol. The molecule has 6 heteroatoms. The van der Waals surface area contributed by atoms with Crippen molar-refractivity contribution < 1.29 is 8.42 Å². The zero-order chi connectivity index (χ0) is 16.2. The predicted molar refractivity (Wildman–Crippen MR) is 90.8 cm³/mol. The smallest absolute Gasteiger partial charge is 0.244 e. The summed E-state index contributed by atoms with van der Waals surface area (Å²) in [6, 6.07) is 5.34. The van der Waals surface area contributed by atoms with Crippen molar-refractivity contribution in [1.82, 2.24) is 9.62 Å². The van der Waals surface area contributed by atoms with E-state index in [0.29, 0.717) is 21.8 Å². The zero-order valence-electron chi connectivity index (χ0n) is 13.4. The Kier molecular flexibility index (Phi) is 6.84. The van der Waals surface area contributed by atoms with Gasteiger partial charge < -0.3 is 5.32 Å². The van der Waals surface area contributed by atoms with Crippen LogP contribution in [0.1, 0.15) is 32.8 Å². The minimum absolute atomic E-state index is 0.0288. The van der Waals surface area contributed by atoms with E-state index in [0.717, 1.165) is 12.0 Å². The molecule has 0 aliphatic heterocycles. The van der Waals surface area contributed by atoms with Crippen molar-refractivity contribution in [3.05, 3.63) is 28.2 Å². The van der Waals surface area contributed by atoms with Crippen LogP contribution in [0.4, 0.5) is 0 Å². The molecule has 0 saturated carbocycles. The van der Waals surface area contributed by atoms with E-state index in [2.05, 4.69) is 35.1 Å². The first-order valence-electron chi connectivity index (χ1n) is 7.11. The molecule has 0 spiro atoms. The fourth-order valence-electron chi connectivity index (χ4n) is 2.29. The first kappa shape index (κ1) is 18.6. The highest BCUT2D eigenvalue weighted by atomic mass is 79.9. The first-order valence-corrected chi connectivity index (χ1v) is 9.34. The van der Waals surface area contributed by atoms with Gasteiger partial charge in [0, 0.05) is 24.1 Å². The lowest BCUT2D eigenvalue weighted by Gasteiger charge is -2.26. The molecule has 1 aromatic rings. The molecule has 1 aromatic carbocycles. The maximum atomic E-state index is 12.7. The lowest BCUT2D eigenvalue weighted by molar-refractivity contribution is 0.337. The van der Waals surface area contributed by atoms with Crippen LogP contribution in [0, 0.1) is 5.92 Å². The van der Waals surface area contributed by atoms with E-state index in [-0.39, 0.29) is 6.04 Å². The van der Waals surface area contributed by atoms with Gasteiger partial charge in [-0.05, 0) is 59.9 Å². The third-order valence-corrected chi connectivity index (χ3v) is 6.42. The highest BCUT2D eigenvalue weighted by Gasteiger charge is 2.27. The standard InChI is InChI=1S/C15H25BrN2O2S/c1-11(2)8-12(3)18(5)21(19,20)15-7-6-13(10-17-4)9-14(15)16/h6-7,9,11-12,17H,8,10H2,1-5H3. The van der Waals surface area contributed by atoms with Crippen molar-refractivity contribution >= 4 is 26.0 Å². The molecule has 0 saturated heterocycles. The van der Waals surface area contributed by atoms with Gasteiger partial charge in [-0.3, -0.25) is 0 Å². The fourth-order valence-corrected chi connectivity index (χ4v) is 4.75. The Morgan fingerprint density at radius 3 is 2.38 bits per heavy atom. The van der Waals surface area contributed by atoms with Gasteiger partial charge in [-0.15, -0.1) is 0 Å². The Balaban J connectivity index is 3.07. The van der Waals surface area contributed by atoms with Crippen molar-refractivity contribution in [2.75, 3.05) is 14.1 Å². The molecule has 0 aliphatic rings. The molecule has 1 unspecified atom stereocenters. The highest BCUT2D eigenvalue weighted by molar-refractivity contribution is 9.10. The summed E-state index contributed by atoms with van der Waals surface area (Å²) in [5.41, 5.74) is 1.04. The Hall–Kier alpha value is -0.430. The number of nitrogens with one attached hydrogen (secondary N) is 1. The lowest BCUT2D eigenvalue weighted by atomic mass is 10.1. The van der Waals surface area contributed by atoms with Crippen LogP contribution in [0.3, 0.4) is 0 Å². The van der Waals surface area contributed by atoms with E-state index in [9.17, 15) is 8.42 Å². The topological polar surface area (TPSA) is 49.4 Å². The molecular weight excluding hydrogens is 352 g/mol. The van der Waals surface area contributed by atoms with Crippen LogP contribution in [0.25, 0.3) is 0 Å². The summed E-state index contributed by atoms with van der Waals surface area (Å²) in [5, 5.41) is 3.05. The molecule has 1 N–H and O–H groups in total. The van der Waals surface area contributed by atoms with Crippen LogP contribution >= 0.6 is 15.9 Å². The summed E-state index contributed by atoms with van der Waals surface area (Å²) >= 11 is 3.39. The largest absolute Gasteiger partial charge is 0.316 e. The second-order valence-electron chi connectivity index (χ2n) is 5.79. The van der Waals surface area contributed by atoms with Crippen molar-refractivity contribution in [3.8, 4) is 0 Å². The highest BCUT2D eigenvalue weighted by Crippen LogP contribution is 2.27. The summed E-state index contributed by atoms with van der Waals surface area (Å²) in [6.45, 7) is 6.85. The lowest BCUT2D eigenvalue weighted by Crippen LogP contribution is -2.36. The minimum Gasteiger partial charge on any atom is -0.316 e. The third kappa shape index (κ3) is 4.77. The Labute approximate surface area is 137 Å². The van der Waals surface area contributed by atoms with Gasteiger partial charge >= 0.3 is 0 Å². The molecule has 0 radical (unpaired) electrons. The van der Waals surface area contributed by atoms with E-state index < -0.39 is 10.0 Å². The maximum absolute atomic E-state index is 12.7. The van der Waals surface area contributed by atoms with Gasteiger partial charge in [-0.25, -0.2) is 8.42 Å². The molecule has 0 amide bonds. The van der Waals surface area contributed by atoms with Gasteiger partial charge in [0.25, 0.3) is 0 Å². The van der Waals surface area contributed by atoms with Gasteiger partial charge in [0.1, 0.15) is 0 Å². The van der Waals surface area contributed by atoms with Gasteiger partial charge in [-0.1, -0.05) is 19.9 Å². The van der Waals surface area contributed by atoms with E-state index in [1.165, 1.54) is 4.31 Å². The molecule has 0 bridgehead atoms. The SMILES string of the molecule is CNCc1ccc(S(=O)(=O)N(C)C(C)CC(C)C)c(Br)c1. The fraction of sp³-hybridized carbons (Fsp3) is 0.600. The summed E-state index contributed by atoms with van der Waals surface area (Å²) in [4.78, 5) is 0.320. The molecule has 0 aromatic heterocycles. The summed E-state index contributed by atoms with van der Waals surface area (Å²) in [6.07, 6.45) is 0.838. The van der Waals surface area contributed by atoms with Crippen LogP contribution in [0.2, 0.25) is 0 Å². The van der Waals surface area contributed by atoms with E-state index >= 15 is 0 Å². The van der Waals surface area contributed by atoms with Crippen LogP contribution in [-0.2, 0) is 16.6 Å². The second-order valence-corrected chi connectivity index (χ2v) is 8.62. The van der Waals surface area contributed by atoms with Crippen LogP contribution in [0.15, 0.2) is 27.6 Å². The predicted octanol–water partition coefficient (Wildman–Crippen LogP) is 3.22. The van der Waals surface area contributed by atoms with Gasteiger partial charge in [0.05, 0.1) is 4.90 Å². The molecular formula is C15H25BrN2O2S. The monoisotopic (exact) mass is 376 g/mol. The number of benzene rings is 1. The summed E-state index contributed by atoms with van der Waals surface area (Å²) in [5.74, 6) is 0.457. The van der Waals surface area contributed by atoms with Crippen LogP contribution < -0.4 is 5.32 Å². The number of sulfonamides is 1. The number of halogens is 1. The molecule has 1 rings (SSSR count). The third-order valence-electron chi connectivity index (χ3n) is 3.47. The minimum atomic E-state index is -3.48. The normalized spacial score (nSPS) is 13.9. The maximum Gasteiger partial charge on any atom is 0.244 e. The quantitative estimate of drug-likeness (QED) is 0.794. The van der Waals surface area contributed by atoms with E-state index in [1.807, 2.05) is 26.1 Å². The molecule has 21 heavy (non-hydrogen) atoms. The number of rotatable bonds is 7. The van der Waals surface area contributed by atoms with Crippen molar-refractivity contribution in [2.24, 2.45) is 5.92 Å². The van der Waals surface area contributed by atoms with Gasteiger partial charge in [0.15, 0.2) is 0 Å². The average Bonchev–Trinajstić information content (AvgIpc) is 2.37. The van der Waals surface area contributed by atoms with Crippen molar-refractivity contribution in [3.63, 3.8) is 0 Å². The van der Waals surface area contributed by atoms with Crippen LogP contribution in [-0.4, -0.2) is 32.9 Å². The molecule has 0 heterocycles. The summed E-state index contributed by atoms with van der Waals surface area (Å²) < 4.78 is 27.5. The van der Waals surface area contributed by atoms with E-state index in [1.54, 1.807) is 13.1 Å². The number of hydrogen-bond donors (Lipinski definition) is 1. The Morgan fingerprint density at radius 2 is 1.90 bits per heavy atom. The van der Waals surface area contributed by atoms with E-state index in [4.69, 9.17) is 0 Å². The zero-order valence-corrected chi connectivity index (χ0v) is 15.8. The Bertz CT molecular complexity index is 573. The molecule has 4 nitrogen and oxygen atoms in total. The van der Waals surface area contributed by atoms with Crippen molar-refractivity contribution in [2.45, 2.75) is 44.7 Å². The number of hydrogen-bond acceptors (Lipinski definition) is 3. The van der Waals surface area contributed by atoms with Crippen LogP contribution in [0.5, 0.6) is 0 Å². The molecule has 120 valence electrons. The van der Waals surface area contributed by atoms with Gasteiger partial charge in [0.2, 0.25) is 10.0 Å². The summed E-state index contributed by atoms with van der Waals surface area (Å²) in [7, 11) is 0.0300. The van der Waals surface area contributed by atoms with Crippen molar-refractivity contribution in [1.29, 1.82) is 0 Å².